The Balaban J connectivity index is 3.36. The van der Waals surface area contributed by atoms with Gasteiger partial charge in [0.25, 0.3) is 5.56 Å². The van der Waals surface area contributed by atoms with Gasteiger partial charge in [-0.1, -0.05) is 20.8 Å². The lowest BCUT2D eigenvalue weighted by atomic mass is 9.95. The molecular formula is C9H14N2O. The highest BCUT2D eigenvalue weighted by Gasteiger charge is 2.18. The van der Waals surface area contributed by atoms with E-state index >= 15 is 0 Å². The van der Waals surface area contributed by atoms with Crippen molar-refractivity contribution in [1.29, 1.82) is 0 Å². The van der Waals surface area contributed by atoms with Gasteiger partial charge in [0.2, 0.25) is 0 Å². The molecule has 3 nitrogen and oxygen atoms in total. The molecule has 12 heavy (non-hydrogen) atoms. The van der Waals surface area contributed by atoms with E-state index in [-0.39, 0.29) is 11.0 Å². The third-order valence-corrected chi connectivity index (χ3v) is 1.73. The van der Waals surface area contributed by atoms with Crippen molar-refractivity contribution in [1.82, 2.24) is 9.55 Å². The van der Waals surface area contributed by atoms with Crippen LogP contribution in [0.25, 0.3) is 0 Å². The third-order valence-electron chi connectivity index (χ3n) is 1.73. The summed E-state index contributed by atoms with van der Waals surface area (Å²) in [5, 5.41) is 0. The Morgan fingerprint density at radius 3 is 2.42 bits per heavy atom. The van der Waals surface area contributed by atoms with Crippen LogP contribution in [0.5, 0.6) is 0 Å². The van der Waals surface area contributed by atoms with E-state index in [9.17, 15) is 4.79 Å². The largest absolute Gasteiger partial charge is 0.299 e. The van der Waals surface area contributed by atoms with Gasteiger partial charge in [-0.05, 0) is 0 Å². The zero-order valence-corrected chi connectivity index (χ0v) is 7.96. The van der Waals surface area contributed by atoms with Crippen LogP contribution in [0.15, 0.2) is 17.1 Å². The standard InChI is InChI=1S/C9H14N2O/c1-9(2,3)8-10-6-5-7(12)11(8)4/h5-6H,1-4H3. The monoisotopic (exact) mass is 166 g/mol. The summed E-state index contributed by atoms with van der Waals surface area (Å²) < 4.78 is 1.58. The minimum atomic E-state index is -0.0742. The van der Waals surface area contributed by atoms with Crippen molar-refractivity contribution < 1.29 is 0 Å². The molecule has 1 heterocycles. The Hall–Kier alpha value is -1.12. The molecule has 0 N–H and O–H groups in total. The van der Waals surface area contributed by atoms with Gasteiger partial charge in [0.05, 0.1) is 0 Å². The Kier molecular flexibility index (Phi) is 2.04. The third kappa shape index (κ3) is 1.55. The van der Waals surface area contributed by atoms with Crippen molar-refractivity contribution in [2.75, 3.05) is 0 Å². The van der Waals surface area contributed by atoms with Crippen LogP contribution in [0, 0.1) is 0 Å². The minimum absolute atomic E-state index is 0.00470. The molecule has 1 aromatic rings. The van der Waals surface area contributed by atoms with Crippen molar-refractivity contribution in [3.05, 3.63) is 28.4 Å². The Labute approximate surface area is 72.1 Å². The molecule has 0 aliphatic carbocycles. The number of nitrogens with zero attached hydrogens (tertiary/aromatic N) is 2. The summed E-state index contributed by atoms with van der Waals surface area (Å²) in [6.45, 7) is 6.11. The van der Waals surface area contributed by atoms with Crippen LogP contribution in [0.1, 0.15) is 26.6 Å². The van der Waals surface area contributed by atoms with Crippen LogP contribution in [-0.4, -0.2) is 9.55 Å². The fourth-order valence-corrected chi connectivity index (χ4v) is 1.17. The van der Waals surface area contributed by atoms with Crippen LogP contribution >= 0.6 is 0 Å². The second-order valence-electron chi connectivity index (χ2n) is 3.92. The van der Waals surface area contributed by atoms with Crippen molar-refractivity contribution in [2.45, 2.75) is 26.2 Å². The summed E-state index contributed by atoms with van der Waals surface area (Å²) in [6, 6.07) is 1.47. The molecule has 66 valence electrons. The second-order valence-corrected chi connectivity index (χ2v) is 3.92. The molecule has 0 amide bonds. The fraction of sp³-hybridized carbons (Fsp3) is 0.556. The SMILES string of the molecule is Cn1c(C(C)(C)C)nccc1=O. The average molecular weight is 166 g/mol. The van der Waals surface area contributed by atoms with E-state index in [2.05, 4.69) is 4.98 Å². The highest BCUT2D eigenvalue weighted by Crippen LogP contribution is 2.16. The van der Waals surface area contributed by atoms with Gasteiger partial charge in [-0.2, -0.15) is 0 Å². The van der Waals surface area contributed by atoms with Crippen LogP contribution in [0.3, 0.4) is 0 Å². The summed E-state index contributed by atoms with van der Waals surface area (Å²) in [7, 11) is 1.75. The first kappa shape index (κ1) is 8.97. The first-order valence-electron chi connectivity index (χ1n) is 3.95. The highest BCUT2D eigenvalue weighted by atomic mass is 16.1. The number of aromatic nitrogens is 2. The summed E-state index contributed by atoms with van der Waals surface area (Å²) in [5.41, 5.74) is -0.0789. The Bertz CT molecular complexity index is 333. The maximum Gasteiger partial charge on any atom is 0.253 e. The van der Waals surface area contributed by atoms with E-state index in [1.165, 1.54) is 6.07 Å². The molecule has 0 spiro atoms. The van der Waals surface area contributed by atoms with Gasteiger partial charge in [-0.25, -0.2) is 4.98 Å². The molecule has 0 aliphatic heterocycles. The molecule has 0 saturated carbocycles. The van der Waals surface area contributed by atoms with Gasteiger partial charge in [0, 0.05) is 24.7 Å². The molecule has 0 saturated heterocycles. The smallest absolute Gasteiger partial charge is 0.253 e. The van der Waals surface area contributed by atoms with E-state index < -0.39 is 0 Å². The molecule has 0 aliphatic rings. The van der Waals surface area contributed by atoms with Crippen LogP contribution in [0.2, 0.25) is 0 Å². The van der Waals surface area contributed by atoms with E-state index in [0.717, 1.165) is 5.82 Å². The van der Waals surface area contributed by atoms with Crippen molar-refractivity contribution in [2.24, 2.45) is 7.05 Å². The van der Waals surface area contributed by atoms with Crippen LogP contribution in [-0.2, 0) is 12.5 Å². The van der Waals surface area contributed by atoms with E-state index in [4.69, 9.17) is 0 Å². The normalized spacial score (nSPS) is 11.7. The molecule has 0 atom stereocenters. The number of hydrogen-bond acceptors (Lipinski definition) is 2. The van der Waals surface area contributed by atoms with Gasteiger partial charge in [-0.15, -0.1) is 0 Å². The highest BCUT2D eigenvalue weighted by molar-refractivity contribution is 5.03. The molecule has 0 aromatic carbocycles. The summed E-state index contributed by atoms with van der Waals surface area (Å²) in [6.07, 6.45) is 1.56. The summed E-state index contributed by atoms with van der Waals surface area (Å²) in [4.78, 5) is 15.4. The molecule has 0 fully saturated rings. The Morgan fingerprint density at radius 2 is 2.00 bits per heavy atom. The topological polar surface area (TPSA) is 34.9 Å². The second kappa shape index (κ2) is 2.73. The van der Waals surface area contributed by atoms with Gasteiger partial charge in [0.15, 0.2) is 0 Å². The lowest BCUT2D eigenvalue weighted by Gasteiger charge is -2.19. The number of hydrogen-bond donors (Lipinski definition) is 0. The molecule has 0 radical (unpaired) electrons. The predicted octanol–water partition coefficient (Wildman–Crippen LogP) is 1.08. The first-order valence-corrected chi connectivity index (χ1v) is 3.95. The minimum Gasteiger partial charge on any atom is -0.299 e. The fourth-order valence-electron chi connectivity index (χ4n) is 1.17. The lowest BCUT2D eigenvalue weighted by molar-refractivity contribution is 0.505. The Morgan fingerprint density at radius 1 is 1.42 bits per heavy atom. The van der Waals surface area contributed by atoms with Crippen molar-refractivity contribution in [3.8, 4) is 0 Å². The van der Waals surface area contributed by atoms with Gasteiger partial charge in [0.1, 0.15) is 5.82 Å². The van der Waals surface area contributed by atoms with Crippen LogP contribution < -0.4 is 5.56 Å². The zero-order valence-electron chi connectivity index (χ0n) is 7.96. The maximum absolute atomic E-state index is 11.2. The molecule has 0 bridgehead atoms. The maximum atomic E-state index is 11.2. The van der Waals surface area contributed by atoms with Crippen LogP contribution in [0.4, 0.5) is 0 Å². The molecule has 1 aromatic heterocycles. The van der Waals surface area contributed by atoms with Crippen molar-refractivity contribution in [3.63, 3.8) is 0 Å². The average Bonchev–Trinajstić information content (AvgIpc) is 1.92. The molecule has 1 rings (SSSR count). The van der Waals surface area contributed by atoms with Crippen molar-refractivity contribution >= 4 is 0 Å². The molecule has 3 heteroatoms. The van der Waals surface area contributed by atoms with Gasteiger partial charge >= 0.3 is 0 Å². The van der Waals surface area contributed by atoms with E-state index in [0.29, 0.717) is 0 Å². The molecular weight excluding hydrogens is 152 g/mol. The first-order chi connectivity index (χ1) is 5.43. The van der Waals surface area contributed by atoms with Gasteiger partial charge in [-0.3, -0.25) is 9.36 Å². The van der Waals surface area contributed by atoms with E-state index in [1.54, 1.807) is 17.8 Å². The summed E-state index contributed by atoms with van der Waals surface area (Å²) >= 11 is 0. The molecule has 0 unspecified atom stereocenters. The quantitative estimate of drug-likeness (QED) is 0.578. The lowest BCUT2D eigenvalue weighted by Crippen LogP contribution is -2.28. The zero-order chi connectivity index (χ0) is 9.35. The summed E-state index contributed by atoms with van der Waals surface area (Å²) in [5.74, 6) is 0.815. The van der Waals surface area contributed by atoms with E-state index in [1.807, 2.05) is 20.8 Å². The predicted molar refractivity (Wildman–Crippen MR) is 48.2 cm³/mol. The number of rotatable bonds is 0. The van der Waals surface area contributed by atoms with Gasteiger partial charge < -0.3 is 0 Å².